The normalized spacial score (nSPS) is 10.7. The first-order chi connectivity index (χ1) is 9.52. The largest absolute Gasteiger partial charge is 0.339 e. The smallest absolute Gasteiger partial charge is 0.138 e. The standard InChI is InChI=1S/C15H17BrClN3/c1-4-5-12-14(17)18-8-19-15(12)20-13-9(2)6-11(16)7-10(13)3/h6-8H,4-5H2,1-3H3,(H,18,19,20). The van der Waals surface area contributed by atoms with E-state index in [1.807, 2.05) is 0 Å². The third-order valence-corrected chi connectivity index (χ3v) is 3.92. The number of nitrogens with one attached hydrogen (secondary N) is 1. The number of rotatable bonds is 4. The summed E-state index contributed by atoms with van der Waals surface area (Å²) in [6.07, 6.45) is 3.35. The Labute approximate surface area is 132 Å². The number of halogens is 2. The van der Waals surface area contributed by atoms with Gasteiger partial charge in [-0.25, -0.2) is 9.97 Å². The minimum absolute atomic E-state index is 0.525. The molecule has 2 aromatic rings. The number of benzene rings is 1. The van der Waals surface area contributed by atoms with E-state index in [9.17, 15) is 0 Å². The molecule has 106 valence electrons. The number of aromatic nitrogens is 2. The predicted molar refractivity (Wildman–Crippen MR) is 87.9 cm³/mol. The van der Waals surface area contributed by atoms with E-state index in [-0.39, 0.29) is 0 Å². The number of nitrogens with zero attached hydrogens (tertiary/aromatic N) is 2. The van der Waals surface area contributed by atoms with Crippen molar-refractivity contribution in [1.82, 2.24) is 9.97 Å². The van der Waals surface area contributed by atoms with Gasteiger partial charge < -0.3 is 5.32 Å². The molecule has 1 heterocycles. The summed E-state index contributed by atoms with van der Waals surface area (Å²) >= 11 is 9.69. The van der Waals surface area contributed by atoms with Crippen LogP contribution in [0.3, 0.4) is 0 Å². The molecule has 5 heteroatoms. The molecule has 0 aliphatic heterocycles. The topological polar surface area (TPSA) is 37.8 Å². The van der Waals surface area contributed by atoms with Gasteiger partial charge in [-0.1, -0.05) is 40.9 Å². The number of anilines is 2. The van der Waals surface area contributed by atoms with Gasteiger partial charge in [0.25, 0.3) is 0 Å². The zero-order valence-corrected chi connectivity index (χ0v) is 14.1. The lowest BCUT2D eigenvalue weighted by Crippen LogP contribution is -2.04. The minimum atomic E-state index is 0.525. The summed E-state index contributed by atoms with van der Waals surface area (Å²) in [5, 5.41) is 3.93. The molecule has 0 unspecified atom stereocenters. The second kappa shape index (κ2) is 6.55. The van der Waals surface area contributed by atoms with Crippen molar-refractivity contribution in [1.29, 1.82) is 0 Å². The number of aryl methyl sites for hydroxylation is 2. The first kappa shape index (κ1) is 15.3. The fourth-order valence-electron chi connectivity index (χ4n) is 2.20. The van der Waals surface area contributed by atoms with Crippen molar-refractivity contribution in [3.63, 3.8) is 0 Å². The maximum absolute atomic E-state index is 6.18. The van der Waals surface area contributed by atoms with Crippen LogP contribution in [0.25, 0.3) is 0 Å². The lowest BCUT2D eigenvalue weighted by atomic mass is 10.1. The van der Waals surface area contributed by atoms with Crippen LogP contribution in [0, 0.1) is 13.8 Å². The molecule has 20 heavy (non-hydrogen) atoms. The van der Waals surface area contributed by atoms with Crippen molar-refractivity contribution in [3.05, 3.63) is 44.8 Å². The van der Waals surface area contributed by atoms with E-state index in [4.69, 9.17) is 11.6 Å². The van der Waals surface area contributed by atoms with Gasteiger partial charge >= 0.3 is 0 Å². The first-order valence-corrected chi connectivity index (χ1v) is 7.73. The van der Waals surface area contributed by atoms with E-state index in [0.717, 1.165) is 45.5 Å². The highest BCUT2D eigenvalue weighted by atomic mass is 79.9. The fraction of sp³-hybridized carbons (Fsp3) is 0.333. The highest BCUT2D eigenvalue weighted by Crippen LogP contribution is 2.30. The van der Waals surface area contributed by atoms with Gasteiger partial charge in [-0.3, -0.25) is 0 Å². The zero-order valence-electron chi connectivity index (χ0n) is 11.8. The Balaban J connectivity index is 2.43. The van der Waals surface area contributed by atoms with E-state index < -0.39 is 0 Å². The maximum Gasteiger partial charge on any atom is 0.138 e. The second-order valence-electron chi connectivity index (χ2n) is 4.78. The SMILES string of the molecule is CCCc1c(Cl)ncnc1Nc1c(C)cc(Br)cc1C. The van der Waals surface area contributed by atoms with Crippen molar-refractivity contribution >= 4 is 39.0 Å². The van der Waals surface area contributed by atoms with Crippen LogP contribution < -0.4 is 5.32 Å². The Morgan fingerprint density at radius 2 is 1.85 bits per heavy atom. The molecule has 0 radical (unpaired) electrons. The molecule has 1 aromatic carbocycles. The summed E-state index contributed by atoms with van der Waals surface area (Å²) in [4.78, 5) is 8.41. The Morgan fingerprint density at radius 3 is 2.45 bits per heavy atom. The summed E-state index contributed by atoms with van der Waals surface area (Å²) in [7, 11) is 0. The highest BCUT2D eigenvalue weighted by molar-refractivity contribution is 9.10. The molecule has 0 aliphatic rings. The third-order valence-electron chi connectivity index (χ3n) is 3.13. The van der Waals surface area contributed by atoms with Crippen molar-refractivity contribution in [2.24, 2.45) is 0 Å². The molecule has 2 rings (SSSR count). The van der Waals surface area contributed by atoms with Gasteiger partial charge in [-0.2, -0.15) is 0 Å². The minimum Gasteiger partial charge on any atom is -0.339 e. The van der Waals surface area contributed by atoms with Crippen molar-refractivity contribution in [2.75, 3.05) is 5.32 Å². The molecule has 0 fully saturated rings. The molecule has 1 N–H and O–H groups in total. The first-order valence-electron chi connectivity index (χ1n) is 6.56. The average Bonchev–Trinajstić information content (AvgIpc) is 2.37. The Kier molecular flexibility index (Phi) is 5.00. The summed E-state index contributed by atoms with van der Waals surface area (Å²) in [5.41, 5.74) is 4.36. The van der Waals surface area contributed by atoms with Crippen molar-refractivity contribution in [3.8, 4) is 0 Å². The van der Waals surface area contributed by atoms with Gasteiger partial charge in [-0.05, 0) is 43.5 Å². The van der Waals surface area contributed by atoms with E-state index in [2.05, 4.69) is 64.1 Å². The van der Waals surface area contributed by atoms with Gasteiger partial charge in [0, 0.05) is 15.7 Å². The van der Waals surface area contributed by atoms with Crippen LogP contribution in [0.4, 0.5) is 11.5 Å². The summed E-state index contributed by atoms with van der Waals surface area (Å²) < 4.78 is 1.08. The molecule has 0 saturated heterocycles. The molecule has 0 saturated carbocycles. The predicted octanol–water partition coefficient (Wildman–Crippen LogP) is 5.21. The Bertz CT molecular complexity index is 606. The van der Waals surface area contributed by atoms with Crippen LogP contribution in [0.2, 0.25) is 5.15 Å². The van der Waals surface area contributed by atoms with E-state index in [1.165, 1.54) is 6.33 Å². The monoisotopic (exact) mass is 353 g/mol. The zero-order chi connectivity index (χ0) is 14.7. The maximum atomic E-state index is 6.18. The van der Waals surface area contributed by atoms with Gasteiger partial charge in [0.05, 0.1) is 0 Å². The number of hydrogen-bond donors (Lipinski definition) is 1. The van der Waals surface area contributed by atoms with Crippen molar-refractivity contribution < 1.29 is 0 Å². The van der Waals surface area contributed by atoms with E-state index in [0.29, 0.717) is 5.15 Å². The van der Waals surface area contributed by atoms with Gasteiger partial charge in [0.2, 0.25) is 0 Å². The van der Waals surface area contributed by atoms with Gasteiger partial charge in [0.15, 0.2) is 0 Å². The van der Waals surface area contributed by atoms with Gasteiger partial charge in [0.1, 0.15) is 17.3 Å². The molecule has 1 aromatic heterocycles. The van der Waals surface area contributed by atoms with E-state index >= 15 is 0 Å². The molecular weight excluding hydrogens is 338 g/mol. The molecule has 0 spiro atoms. The van der Waals surface area contributed by atoms with Crippen LogP contribution in [0.15, 0.2) is 22.9 Å². The molecular formula is C15H17BrClN3. The lowest BCUT2D eigenvalue weighted by Gasteiger charge is -2.15. The van der Waals surface area contributed by atoms with Crippen LogP contribution in [-0.2, 0) is 6.42 Å². The van der Waals surface area contributed by atoms with Gasteiger partial charge in [-0.15, -0.1) is 0 Å². The third kappa shape index (κ3) is 3.30. The van der Waals surface area contributed by atoms with Crippen LogP contribution in [0.1, 0.15) is 30.0 Å². The summed E-state index contributed by atoms with van der Waals surface area (Å²) in [6, 6.07) is 4.16. The van der Waals surface area contributed by atoms with Crippen LogP contribution in [-0.4, -0.2) is 9.97 Å². The fourth-order valence-corrected chi connectivity index (χ4v) is 3.11. The van der Waals surface area contributed by atoms with Crippen LogP contribution in [0.5, 0.6) is 0 Å². The lowest BCUT2D eigenvalue weighted by molar-refractivity contribution is 0.904. The summed E-state index contributed by atoms with van der Waals surface area (Å²) in [6.45, 7) is 6.26. The van der Waals surface area contributed by atoms with E-state index in [1.54, 1.807) is 0 Å². The van der Waals surface area contributed by atoms with Crippen molar-refractivity contribution in [2.45, 2.75) is 33.6 Å². The highest BCUT2D eigenvalue weighted by Gasteiger charge is 2.12. The average molecular weight is 355 g/mol. The second-order valence-corrected chi connectivity index (χ2v) is 6.05. The summed E-state index contributed by atoms with van der Waals surface area (Å²) in [5.74, 6) is 0.792. The Morgan fingerprint density at radius 1 is 1.20 bits per heavy atom. The quantitative estimate of drug-likeness (QED) is 0.766. The molecule has 0 atom stereocenters. The van der Waals surface area contributed by atoms with Crippen LogP contribution >= 0.6 is 27.5 Å². The molecule has 3 nitrogen and oxygen atoms in total. The number of hydrogen-bond acceptors (Lipinski definition) is 3. The molecule has 0 bridgehead atoms. The molecule has 0 aliphatic carbocycles. The Hall–Kier alpha value is -1.13. The molecule has 0 amide bonds.